The minimum absolute atomic E-state index is 0.0430. The van der Waals surface area contributed by atoms with Crippen LogP contribution >= 0.6 is 0 Å². The van der Waals surface area contributed by atoms with E-state index >= 15 is 0 Å². The maximum absolute atomic E-state index is 13.3. The fourth-order valence-corrected chi connectivity index (χ4v) is 1.55. The summed E-state index contributed by atoms with van der Waals surface area (Å²) in [5.41, 5.74) is 0.301. The molecular weight excluding hydrogens is 329 g/mol. The van der Waals surface area contributed by atoms with Crippen molar-refractivity contribution in [2.45, 2.75) is 13.3 Å². The molecule has 0 aliphatic rings. The summed E-state index contributed by atoms with van der Waals surface area (Å²) in [4.78, 5) is 11.6. The Hall–Kier alpha value is -2.72. The molecule has 0 aliphatic carbocycles. The van der Waals surface area contributed by atoms with Crippen molar-refractivity contribution in [3.05, 3.63) is 34.8 Å². The third-order valence-electron chi connectivity index (χ3n) is 2.67. The van der Waals surface area contributed by atoms with Gasteiger partial charge in [0, 0.05) is 0 Å². The summed E-state index contributed by atoms with van der Waals surface area (Å²) in [6.45, 7) is 0.675. The number of hydrogen-bond donors (Lipinski definition) is 1. The lowest BCUT2D eigenvalue weighted by molar-refractivity contribution is -0.118. The van der Waals surface area contributed by atoms with E-state index < -0.39 is 47.3 Å². The summed E-state index contributed by atoms with van der Waals surface area (Å²) in [5, 5.41) is 8.98. The van der Waals surface area contributed by atoms with Crippen LogP contribution in [0, 0.1) is 29.1 Å². The Balaban J connectivity index is 2.11. The Bertz CT molecular complexity index is 721. The first kappa shape index (κ1) is 16.6. The van der Waals surface area contributed by atoms with Gasteiger partial charge in [-0.3, -0.25) is 4.79 Å². The van der Waals surface area contributed by atoms with Crippen LogP contribution in [0.1, 0.15) is 12.6 Å². The van der Waals surface area contributed by atoms with E-state index in [4.69, 9.17) is 0 Å². The lowest BCUT2D eigenvalue weighted by Gasteiger charge is -2.09. The van der Waals surface area contributed by atoms with Crippen molar-refractivity contribution in [2.24, 2.45) is 0 Å². The standard InChI is InChI=1S/C12H8F5N3O3/c1-2-4-12(20-23-19-4)18-5(21)3-22-11-9(16)7(14)6(13)8(15)10(11)17/h2-3H2,1H3,(H,18,20,21). The smallest absolute Gasteiger partial charge is 0.263 e. The lowest BCUT2D eigenvalue weighted by Crippen LogP contribution is -2.22. The highest BCUT2D eigenvalue weighted by atomic mass is 19.2. The number of amides is 1. The first-order chi connectivity index (χ1) is 10.9. The molecule has 2 rings (SSSR count). The number of carbonyl (C=O) groups excluding carboxylic acids is 1. The number of hydrogen-bond acceptors (Lipinski definition) is 5. The van der Waals surface area contributed by atoms with Crippen LogP contribution in [0.3, 0.4) is 0 Å². The zero-order valence-corrected chi connectivity index (χ0v) is 11.4. The number of rotatable bonds is 5. The molecule has 0 atom stereocenters. The minimum atomic E-state index is -2.32. The molecule has 2 aromatic rings. The van der Waals surface area contributed by atoms with Crippen LogP contribution in [0.5, 0.6) is 5.75 Å². The minimum Gasteiger partial charge on any atom is -0.477 e. The summed E-state index contributed by atoms with van der Waals surface area (Å²) < 4.78 is 74.2. The number of nitrogens with one attached hydrogen (secondary N) is 1. The second-order valence-corrected chi connectivity index (χ2v) is 4.15. The summed E-state index contributed by atoms with van der Waals surface area (Å²) in [6, 6.07) is 0. The largest absolute Gasteiger partial charge is 0.477 e. The van der Waals surface area contributed by atoms with Gasteiger partial charge in [-0.15, -0.1) is 0 Å². The van der Waals surface area contributed by atoms with Gasteiger partial charge in [-0.1, -0.05) is 12.1 Å². The van der Waals surface area contributed by atoms with E-state index in [0.29, 0.717) is 12.1 Å². The average Bonchev–Trinajstić information content (AvgIpc) is 2.98. The van der Waals surface area contributed by atoms with Crippen molar-refractivity contribution >= 4 is 11.7 Å². The normalized spacial score (nSPS) is 10.7. The Labute approximate surface area is 125 Å². The fraction of sp³-hybridized carbons (Fsp3) is 0.250. The molecule has 0 aliphatic heterocycles. The predicted octanol–water partition coefficient (Wildman–Crippen LogP) is 2.35. The van der Waals surface area contributed by atoms with Crippen molar-refractivity contribution in [1.29, 1.82) is 0 Å². The van der Waals surface area contributed by atoms with Gasteiger partial charge in [0.1, 0.15) is 5.69 Å². The van der Waals surface area contributed by atoms with Crippen LogP contribution in [0.15, 0.2) is 4.63 Å². The van der Waals surface area contributed by atoms with Gasteiger partial charge < -0.3 is 10.1 Å². The molecule has 1 aromatic heterocycles. The topological polar surface area (TPSA) is 77.3 Å². The molecule has 0 saturated carbocycles. The van der Waals surface area contributed by atoms with Crippen LogP contribution in [0.4, 0.5) is 27.8 Å². The van der Waals surface area contributed by atoms with Gasteiger partial charge in [-0.2, -0.15) is 8.78 Å². The van der Waals surface area contributed by atoms with Crippen molar-refractivity contribution in [3.63, 3.8) is 0 Å². The molecule has 23 heavy (non-hydrogen) atoms. The summed E-state index contributed by atoms with van der Waals surface area (Å²) >= 11 is 0. The number of carbonyl (C=O) groups is 1. The van der Waals surface area contributed by atoms with E-state index in [1.807, 2.05) is 0 Å². The quantitative estimate of drug-likeness (QED) is 0.515. The molecule has 0 fully saturated rings. The number of anilines is 1. The SMILES string of the molecule is CCc1nonc1NC(=O)COc1c(F)c(F)c(F)c(F)c1F. The zero-order chi connectivity index (χ0) is 17.1. The Morgan fingerprint density at radius 3 is 2.17 bits per heavy atom. The second kappa shape index (κ2) is 6.58. The second-order valence-electron chi connectivity index (χ2n) is 4.15. The fourth-order valence-electron chi connectivity index (χ4n) is 1.55. The van der Waals surface area contributed by atoms with Gasteiger partial charge in [0.25, 0.3) is 5.91 Å². The summed E-state index contributed by atoms with van der Waals surface area (Å²) in [7, 11) is 0. The van der Waals surface area contributed by atoms with E-state index in [9.17, 15) is 26.7 Å². The first-order valence-corrected chi connectivity index (χ1v) is 6.12. The molecule has 0 unspecified atom stereocenters. The summed E-state index contributed by atoms with van der Waals surface area (Å²) in [6.07, 6.45) is 0.373. The predicted molar refractivity (Wildman–Crippen MR) is 64.0 cm³/mol. The Morgan fingerprint density at radius 1 is 1.04 bits per heavy atom. The van der Waals surface area contributed by atoms with Gasteiger partial charge in [0.05, 0.1) is 0 Å². The van der Waals surface area contributed by atoms with Crippen LogP contribution in [-0.4, -0.2) is 22.8 Å². The van der Waals surface area contributed by atoms with E-state index in [2.05, 4.69) is 25.0 Å². The van der Waals surface area contributed by atoms with Gasteiger partial charge in [0.2, 0.25) is 34.9 Å². The first-order valence-electron chi connectivity index (χ1n) is 6.12. The average molecular weight is 337 g/mol. The van der Waals surface area contributed by atoms with Crippen molar-refractivity contribution in [3.8, 4) is 5.75 Å². The van der Waals surface area contributed by atoms with E-state index in [1.165, 1.54) is 0 Å². The molecule has 1 aromatic carbocycles. The van der Waals surface area contributed by atoms with Crippen LogP contribution in [-0.2, 0) is 11.2 Å². The monoisotopic (exact) mass is 337 g/mol. The Kier molecular flexibility index (Phi) is 4.77. The zero-order valence-electron chi connectivity index (χ0n) is 11.4. The van der Waals surface area contributed by atoms with Crippen LogP contribution in [0.2, 0.25) is 0 Å². The number of aromatic nitrogens is 2. The molecule has 11 heteroatoms. The third-order valence-corrected chi connectivity index (χ3v) is 2.67. The van der Waals surface area contributed by atoms with Gasteiger partial charge in [0.15, 0.2) is 12.4 Å². The van der Waals surface area contributed by atoms with Crippen molar-refractivity contribution in [1.82, 2.24) is 10.3 Å². The molecule has 6 nitrogen and oxygen atoms in total. The lowest BCUT2D eigenvalue weighted by atomic mass is 10.2. The number of halogens is 5. The third kappa shape index (κ3) is 3.22. The van der Waals surface area contributed by atoms with Crippen LogP contribution in [0.25, 0.3) is 0 Å². The van der Waals surface area contributed by atoms with Crippen LogP contribution < -0.4 is 10.1 Å². The Morgan fingerprint density at radius 2 is 1.61 bits per heavy atom. The number of nitrogens with zero attached hydrogens (tertiary/aromatic N) is 2. The van der Waals surface area contributed by atoms with E-state index in [0.717, 1.165) is 0 Å². The molecule has 1 heterocycles. The maximum Gasteiger partial charge on any atom is 0.263 e. The number of aryl methyl sites for hydroxylation is 1. The number of benzene rings is 1. The molecule has 0 radical (unpaired) electrons. The summed E-state index contributed by atoms with van der Waals surface area (Å²) in [5.74, 6) is -13.6. The number of ether oxygens (including phenoxy) is 1. The van der Waals surface area contributed by atoms with E-state index in [1.54, 1.807) is 6.92 Å². The molecule has 1 N–H and O–H groups in total. The highest BCUT2D eigenvalue weighted by Crippen LogP contribution is 2.29. The highest BCUT2D eigenvalue weighted by molar-refractivity contribution is 5.91. The van der Waals surface area contributed by atoms with Gasteiger partial charge >= 0.3 is 0 Å². The van der Waals surface area contributed by atoms with Gasteiger partial charge in [-0.05, 0) is 11.6 Å². The molecule has 1 amide bonds. The van der Waals surface area contributed by atoms with Crippen molar-refractivity contribution in [2.75, 3.05) is 11.9 Å². The molecule has 124 valence electrons. The van der Waals surface area contributed by atoms with E-state index in [-0.39, 0.29) is 5.82 Å². The molecular formula is C12H8F5N3O3. The maximum atomic E-state index is 13.3. The van der Waals surface area contributed by atoms with Crippen molar-refractivity contribution < 1.29 is 36.1 Å². The molecule has 0 bridgehead atoms. The molecule has 0 saturated heterocycles. The highest BCUT2D eigenvalue weighted by Gasteiger charge is 2.27. The van der Waals surface area contributed by atoms with Gasteiger partial charge in [-0.25, -0.2) is 17.8 Å². The molecule has 0 spiro atoms.